The van der Waals surface area contributed by atoms with E-state index in [-0.39, 0.29) is 0 Å². The highest BCUT2D eigenvalue weighted by molar-refractivity contribution is 7.98. The normalized spacial score (nSPS) is 10.6. The number of oxazole rings is 1. The van der Waals surface area contributed by atoms with Gasteiger partial charge in [0.25, 0.3) is 0 Å². The minimum absolute atomic E-state index is 0.585. The second-order valence-electron chi connectivity index (χ2n) is 3.33. The molecule has 0 aliphatic rings. The Labute approximate surface area is 103 Å². The summed E-state index contributed by atoms with van der Waals surface area (Å²) < 4.78 is 5.13. The summed E-state index contributed by atoms with van der Waals surface area (Å²) in [7, 11) is 0. The van der Waals surface area contributed by atoms with E-state index < -0.39 is 0 Å². The van der Waals surface area contributed by atoms with Crippen LogP contribution < -0.4 is 5.73 Å². The van der Waals surface area contributed by atoms with E-state index in [2.05, 4.69) is 4.98 Å². The number of rotatable bonds is 3. The van der Waals surface area contributed by atoms with Gasteiger partial charge in [0, 0.05) is 10.6 Å². The molecule has 0 atom stereocenters. The molecule has 84 valence electrons. The molecule has 0 saturated heterocycles. The van der Waals surface area contributed by atoms with E-state index in [9.17, 15) is 0 Å². The van der Waals surface area contributed by atoms with Crippen molar-refractivity contribution in [2.75, 3.05) is 5.73 Å². The zero-order valence-electron chi connectivity index (χ0n) is 8.74. The molecule has 5 heteroatoms. The average Bonchev–Trinajstić information content (AvgIpc) is 2.66. The largest absolute Gasteiger partial charge is 0.448 e. The molecule has 3 nitrogen and oxygen atoms in total. The van der Waals surface area contributed by atoms with Crippen LogP contribution in [0.1, 0.15) is 11.5 Å². The highest BCUT2D eigenvalue weighted by Gasteiger charge is 2.05. The van der Waals surface area contributed by atoms with Gasteiger partial charge in [0.2, 0.25) is 0 Å². The Hall–Kier alpha value is -1.13. The number of halogens is 1. The number of nitrogens with two attached hydrogens (primary N) is 1. The number of benzene rings is 1. The summed E-state index contributed by atoms with van der Waals surface area (Å²) >= 11 is 7.59. The van der Waals surface area contributed by atoms with Gasteiger partial charge in [0.1, 0.15) is 5.76 Å². The Balaban J connectivity index is 2.05. The smallest absolute Gasteiger partial charge is 0.181 e. The fourth-order valence-corrected chi connectivity index (χ4v) is 2.41. The van der Waals surface area contributed by atoms with E-state index in [1.54, 1.807) is 17.8 Å². The van der Waals surface area contributed by atoms with Crippen molar-refractivity contribution in [2.45, 2.75) is 17.6 Å². The molecule has 0 saturated carbocycles. The SMILES string of the molecule is Cc1ocnc1CSc1ccc(N)c(Cl)c1. The maximum absolute atomic E-state index is 5.93. The van der Waals surface area contributed by atoms with Crippen LogP contribution in [0.3, 0.4) is 0 Å². The van der Waals surface area contributed by atoms with Gasteiger partial charge in [-0.1, -0.05) is 11.6 Å². The Bertz CT molecular complexity index is 498. The van der Waals surface area contributed by atoms with Crippen molar-refractivity contribution in [3.63, 3.8) is 0 Å². The molecule has 0 aliphatic carbocycles. The molecule has 1 heterocycles. The third kappa shape index (κ3) is 2.51. The van der Waals surface area contributed by atoms with E-state index in [0.717, 1.165) is 22.1 Å². The van der Waals surface area contributed by atoms with Gasteiger partial charge in [-0.25, -0.2) is 4.98 Å². The minimum atomic E-state index is 0.585. The van der Waals surface area contributed by atoms with Crippen LogP contribution in [0, 0.1) is 6.92 Å². The van der Waals surface area contributed by atoms with Gasteiger partial charge >= 0.3 is 0 Å². The van der Waals surface area contributed by atoms with Crippen LogP contribution in [-0.4, -0.2) is 4.98 Å². The molecule has 0 fully saturated rings. The van der Waals surface area contributed by atoms with E-state index in [4.69, 9.17) is 21.8 Å². The summed E-state index contributed by atoms with van der Waals surface area (Å²) in [4.78, 5) is 5.20. The van der Waals surface area contributed by atoms with Gasteiger partial charge in [-0.15, -0.1) is 11.8 Å². The van der Waals surface area contributed by atoms with Gasteiger partial charge < -0.3 is 10.2 Å². The lowest BCUT2D eigenvalue weighted by Crippen LogP contribution is -1.87. The molecule has 1 aromatic heterocycles. The highest BCUT2D eigenvalue weighted by Crippen LogP contribution is 2.28. The molecule has 16 heavy (non-hydrogen) atoms. The molecule has 2 N–H and O–H groups in total. The third-order valence-electron chi connectivity index (χ3n) is 2.19. The van der Waals surface area contributed by atoms with Gasteiger partial charge in [-0.05, 0) is 25.1 Å². The summed E-state index contributed by atoms with van der Waals surface area (Å²) in [6.45, 7) is 1.90. The second kappa shape index (κ2) is 4.80. The molecule has 0 unspecified atom stereocenters. The number of aryl methyl sites for hydroxylation is 1. The Kier molecular flexibility index (Phi) is 3.41. The predicted molar refractivity (Wildman–Crippen MR) is 66.7 cm³/mol. The van der Waals surface area contributed by atoms with Crippen LogP contribution in [0.15, 0.2) is 33.9 Å². The monoisotopic (exact) mass is 254 g/mol. The van der Waals surface area contributed by atoms with Crippen molar-refractivity contribution in [2.24, 2.45) is 0 Å². The molecule has 2 rings (SSSR count). The summed E-state index contributed by atoms with van der Waals surface area (Å²) in [6.07, 6.45) is 1.46. The van der Waals surface area contributed by atoms with Gasteiger partial charge in [-0.2, -0.15) is 0 Å². The maximum atomic E-state index is 5.93. The lowest BCUT2D eigenvalue weighted by atomic mass is 10.3. The van der Waals surface area contributed by atoms with E-state index in [1.165, 1.54) is 6.39 Å². The number of thioether (sulfide) groups is 1. The van der Waals surface area contributed by atoms with Crippen molar-refractivity contribution in [3.8, 4) is 0 Å². The zero-order chi connectivity index (χ0) is 11.5. The van der Waals surface area contributed by atoms with Crippen LogP contribution in [0.4, 0.5) is 5.69 Å². The number of nitrogens with zero attached hydrogens (tertiary/aromatic N) is 1. The maximum Gasteiger partial charge on any atom is 0.181 e. The molecule has 0 aliphatic heterocycles. The fourth-order valence-electron chi connectivity index (χ4n) is 1.22. The van der Waals surface area contributed by atoms with Gasteiger partial charge in [-0.3, -0.25) is 0 Å². The Morgan fingerprint density at radius 1 is 1.50 bits per heavy atom. The van der Waals surface area contributed by atoms with Crippen LogP contribution in [0.25, 0.3) is 0 Å². The first-order valence-electron chi connectivity index (χ1n) is 4.73. The molecule has 1 aromatic carbocycles. The van der Waals surface area contributed by atoms with Crippen molar-refractivity contribution < 1.29 is 4.42 Å². The topological polar surface area (TPSA) is 52.0 Å². The third-order valence-corrected chi connectivity index (χ3v) is 3.52. The molecule has 0 amide bonds. The second-order valence-corrected chi connectivity index (χ2v) is 4.78. The van der Waals surface area contributed by atoms with E-state index >= 15 is 0 Å². The minimum Gasteiger partial charge on any atom is -0.448 e. The van der Waals surface area contributed by atoms with Crippen LogP contribution in [0.5, 0.6) is 0 Å². The van der Waals surface area contributed by atoms with Crippen molar-refractivity contribution >= 4 is 29.1 Å². The van der Waals surface area contributed by atoms with Crippen LogP contribution >= 0.6 is 23.4 Å². The summed E-state index contributed by atoms with van der Waals surface area (Å²) in [5.74, 6) is 1.62. The first kappa shape index (κ1) is 11.4. The Morgan fingerprint density at radius 3 is 2.94 bits per heavy atom. The van der Waals surface area contributed by atoms with Crippen LogP contribution in [-0.2, 0) is 5.75 Å². The van der Waals surface area contributed by atoms with Crippen molar-refractivity contribution in [3.05, 3.63) is 41.1 Å². The number of hydrogen-bond acceptors (Lipinski definition) is 4. The predicted octanol–water partition coefficient (Wildman–Crippen LogP) is 3.51. The lowest BCUT2D eigenvalue weighted by Gasteiger charge is -2.02. The Morgan fingerprint density at radius 2 is 2.31 bits per heavy atom. The molecule has 0 spiro atoms. The van der Waals surface area contributed by atoms with Gasteiger partial charge in [0.15, 0.2) is 6.39 Å². The summed E-state index contributed by atoms with van der Waals surface area (Å²) in [6, 6.07) is 5.61. The average molecular weight is 255 g/mol. The van der Waals surface area contributed by atoms with E-state index in [1.807, 2.05) is 19.1 Å². The molecular weight excluding hydrogens is 244 g/mol. The number of anilines is 1. The zero-order valence-corrected chi connectivity index (χ0v) is 10.3. The van der Waals surface area contributed by atoms with Crippen LogP contribution in [0.2, 0.25) is 5.02 Å². The number of nitrogen functional groups attached to an aromatic ring is 1. The van der Waals surface area contributed by atoms with Crippen molar-refractivity contribution in [1.82, 2.24) is 4.98 Å². The standard InChI is InChI=1S/C11H11ClN2OS/c1-7-11(14-6-15-7)5-16-8-2-3-10(13)9(12)4-8/h2-4,6H,5,13H2,1H3. The van der Waals surface area contributed by atoms with Gasteiger partial charge in [0.05, 0.1) is 16.4 Å². The van der Waals surface area contributed by atoms with Crippen molar-refractivity contribution in [1.29, 1.82) is 0 Å². The molecule has 2 aromatic rings. The number of hydrogen-bond donors (Lipinski definition) is 1. The molecule has 0 bridgehead atoms. The highest BCUT2D eigenvalue weighted by atomic mass is 35.5. The first-order chi connectivity index (χ1) is 7.66. The molecule has 0 radical (unpaired) electrons. The fraction of sp³-hybridized carbons (Fsp3) is 0.182. The summed E-state index contributed by atoms with van der Waals surface area (Å²) in [5.41, 5.74) is 7.19. The first-order valence-corrected chi connectivity index (χ1v) is 6.10. The summed E-state index contributed by atoms with van der Waals surface area (Å²) in [5, 5.41) is 0.585. The number of aromatic nitrogens is 1. The molecular formula is C11H11ClN2OS. The quantitative estimate of drug-likeness (QED) is 0.673. The lowest BCUT2D eigenvalue weighted by molar-refractivity contribution is 0.525. The van der Waals surface area contributed by atoms with E-state index in [0.29, 0.717) is 10.7 Å².